The number of aromatic nitrogens is 6. The number of nitrogens with zero attached hydrogens (tertiary/aromatic N) is 6. The summed E-state index contributed by atoms with van der Waals surface area (Å²) < 4.78 is 206. The molecule has 0 fully saturated rings. The molecule has 1 atom stereocenters. The summed E-state index contributed by atoms with van der Waals surface area (Å²) in [5.41, 5.74) is 0.720. The maximum absolute atomic E-state index is 15.3. The van der Waals surface area contributed by atoms with Crippen LogP contribution in [0.25, 0.3) is 72.0 Å². The van der Waals surface area contributed by atoms with Gasteiger partial charge in [0.25, 0.3) is 46.7 Å². The van der Waals surface area contributed by atoms with E-state index in [1.807, 2.05) is 0 Å². The number of ether oxygens (including phenoxy) is 4. The second-order valence-corrected chi connectivity index (χ2v) is 30.8. The highest BCUT2D eigenvalue weighted by molar-refractivity contribution is 9.10. The van der Waals surface area contributed by atoms with Gasteiger partial charge in [-0.3, -0.25) is 42.3 Å². The van der Waals surface area contributed by atoms with Crippen molar-refractivity contribution in [1.82, 2.24) is 29.2 Å². The largest absolute Gasteiger partial charge is 0.495 e. The summed E-state index contributed by atoms with van der Waals surface area (Å²) in [5, 5.41) is 19.8. The van der Waals surface area contributed by atoms with Crippen LogP contribution >= 0.6 is 60.6 Å². The third kappa shape index (κ3) is 19.4. The number of hydrogen-bond donors (Lipinski definition) is 4. The van der Waals surface area contributed by atoms with Crippen LogP contribution < -0.4 is 49.8 Å². The van der Waals surface area contributed by atoms with Gasteiger partial charge in [0.05, 0.1) is 89.2 Å². The molecule has 606 valence electrons. The van der Waals surface area contributed by atoms with Crippen LogP contribution in [0.4, 0.5) is 43.8 Å². The maximum atomic E-state index is 15.3. The summed E-state index contributed by atoms with van der Waals surface area (Å²) in [4.78, 5) is 38.2. The molecular formula is C77H58BrCl3F6N9O17PS3. The molecule has 9 aromatic carbocycles. The SMILES string of the molecule is C.COc1cc(-c2ccc(F)c(Cl)c2)c(F)cc1-n1c(=O)ccc2cc(S(=O)(=O)Nc3ccon3)ccc21.COc1cc(-c2ccc(F)c(Cl)c2)c(F)cc1-n1c(=O)ccc2cc(S(=O)(=O)Nc3ccon3)ccc21.COc1cc(Br)c(F)cc1-n1c(=O)ccc2cc(S(=O)(=O)Nc3ccon3)ccc21.OCOc1ccc(F)c(Cl)c1.P. The monoisotopic (exact) mass is 1810 g/mol. The molecule has 0 radical (unpaired) electrons. The Kier molecular flexibility index (Phi) is 27.5. The first kappa shape index (κ1) is 87.4. The summed E-state index contributed by atoms with van der Waals surface area (Å²) >= 11 is 20.2. The van der Waals surface area contributed by atoms with Crippen LogP contribution in [-0.2, 0) is 30.1 Å². The number of nitrogens with one attached hydrogen (secondary N) is 3. The topological polar surface area (TPSA) is 340 Å². The quantitative estimate of drug-likeness (QED) is 0.0332. The molecule has 0 spiro atoms. The van der Waals surface area contributed by atoms with E-state index in [1.54, 1.807) is 0 Å². The Hall–Kier alpha value is -12.0. The highest BCUT2D eigenvalue weighted by Gasteiger charge is 2.25. The lowest BCUT2D eigenvalue weighted by molar-refractivity contribution is 0.0984. The predicted molar refractivity (Wildman–Crippen MR) is 436 cm³/mol. The number of hydrogen-bond acceptors (Lipinski definition) is 20. The van der Waals surface area contributed by atoms with Gasteiger partial charge in [0.2, 0.25) is 0 Å². The number of pyridine rings is 3. The zero-order chi connectivity index (χ0) is 82.4. The second kappa shape index (κ2) is 36.9. The summed E-state index contributed by atoms with van der Waals surface area (Å²) in [6.07, 6.45) is 3.68. The number of aliphatic hydroxyl groups excluding tert-OH is 1. The molecule has 0 aliphatic rings. The van der Waals surface area contributed by atoms with Gasteiger partial charge in [0, 0.05) is 87.9 Å². The Balaban J connectivity index is 0.000000173. The van der Waals surface area contributed by atoms with Crippen LogP contribution in [0.3, 0.4) is 0 Å². The van der Waals surface area contributed by atoms with Crippen LogP contribution in [0.2, 0.25) is 15.1 Å². The molecule has 0 amide bonds. The van der Waals surface area contributed by atoms with Crippen LogP contribution in [0.1, 0.15) is 7.43 Å². The summed E-state index contributed by atoms with van der Waals surface area (Å²) in [6, 6.07) is 43.6. The number of halogens is 10. The smallest absolute Gasteiger partial charge is 0.263 e. The molecule has 0 bridgehead atoms. The van der Waals surface area contributed by atoms with Crippen molar-refractivity contribution in [1.29, 1.82) is 0 Å². The molecule has 4 N–H and O–H groups in total. The van der Waals surface area contributed by atoms with Gasteiger partial charge < -0.3 is 37.6 Å². The first-order chi connectivity index (χ1) is 54.9. The van der Waals surface area contributed by atoms with Crippen LogP contribution in [0.5, 0.6) is 23.0 Å². The Morgan fingerprint density at radius 3 is 1.04 bits per heavy atom. The second-order valence-electron chi connectivity index (χ2n) is 23.7. The van der Waals surface area contributed by atoms with E-state index >= 15 is 8.78 Å². The number of rotatable bonds is 19. The molecule has 40 heteroatoms. The molecule has 0 aliphatic heterocycles. The summed E-state index contributed by atoms with van der Waals surface area (Å²) in [6.45, 7) is -0.442. The lowest BCUT2D eigenvalue weighted by atomic mass is 10.0. The van der Waals surface area contributed by atoms with E-state index in [4.69, 9.17) is 54.1 Å². The molecule has 15 aromatic rings. The van der Waals surface area contributed by atoms with E-state index in [2.05, 4.69) is 63.9 Å². The minimum Gasteiger partial charge on any atom is -0.495 e. The van der Waals surface area contributed by atoms with Crippen molar-refractivity contribution >= 4 is 141 Å². The molecule has 26 nitrogen and oxygen atoms in total. The summed E-state index contributed by atoms with van der Waals surface area (Å²) in [7, 11) is -7.84. The molecule has 0 saturated carbocycles. The third-order valence-electron chi connectivity index (χ3n) is 16.6. The molecule has 6 aromatic heterocycles. The number of fused-ring (bicyclic) bond motifs is 3. The first-order valence-corrected chi connectivity index (χ1v) is 38.9. The minimum atomic E-state index is -4.01. The van der Waals surface area contributed by atoms with E-state index < -0.39 is 88.4 Å². The Morgan fingerprint density at radius 1 is 0.410 bits per heavy atom. The zero-order valence-electron chi connectivity index (χ0n) is 59.4. The van der Waals surface area contributed by atoms with Crippen molar-refractivity contribution in [3.63, 3.8) is 0 Å². The van der Waals surface area contributed by atoms with E-state index in [0.29, 0.717) is 49.6 Å². The molecule has 0 aliphatic carbocycles. The highest BCUT2D eigenvalue weighted by atomic mass is 79.9. The minimum absolute atomic E-state index is 0. The molecule has 1 unspecified atom stereocenters. The predicted octanol–water partition coefficient (Wildman–Crippen LogP) is 17.0. The highest BCUT2D eigenvalue weighted by Crippen LogP contribution is 2.39. The number of methoxy groups -OCH3 is 3. The van der Waals surface area contributed by atoms with E-state index in [0.717, 1.165) is 24.3 Å². The van der Waals surface area contributed by atoms with Gasteiger partial charge in [0.15, 0.2) is 24.2 Å². The maximum Gasteiger partial charge on any atom is 0.263 e. The van der Waals surface area contributed by atoms with E-state index in [9.17, 15) is 57.2 Å². The third-order valence-corrected chi connectivity index (χ3v) is 22.2. The molecule has 0 saturated heterocycles. The van der Waals surface area contributed by atoms with Crippen LogP contribution in [-0.4, -0.2) is 87.7 Å². The fourth-order valence-corrected chi connectivity index (χ4v) is 15.3. The van der Waals surface area contributed by atoms with Crippen molar-refractivity contribution in [2.45, 2.75) is 22.1 Å². The van der Waals surface area contributed by atoms with Crippen molar-refractivity contribution in [2.75, 3.05) is 42.3 Å². The zero-order valence-corrected chi connectivity index (χ0v) is 67.1. The Bertz CT molecular complexity index is 6540. The average molecular weight is 1810 g/mol. The van der Waals surface area contributed by atoms with Crippen LogP contribution in [0.15, 0.2) is 266 Å². The molecule has 6 heterocycles. The normalized spacial score (nSPS) is 11.2. The van der Waals surface area contributed by atoms with Crippen molar-refractivity contribution < 1.29 is 89.2 Å². The van der Waals surface area contributed by atoms with E-state index in [-0.39, 0.29) is 114 Å². The first-order valence-electron chi connectivity index (χ1n) is 32.6. The fraction of sp³-hybridized carbons (Fsp3) is 0.0649. The van der Waals surface area contributed by atoms with Crippen molar-refractivity contribution in [2.24, 2.45) is 0 Å². The fourth-order valence-electron chi connectivity index (χ4n) is 11.3. The van der Waals surface area contributed by atoms with Gasteiger partial charge in [-0.25, -0.2) is 51.6 Å². The number of aliphatic hydroxyl groups is 1. The Morgan fingerprint density at radius 2 is 0.735 bits per heavy atom. The number of benzene rings is 9. The van der Waals surface area contributed by atoms with Crippen molar-refractivity contribution in [3.8, 4) is 62.3 Å². The lowest BCUT2D eigenvalue weighted by Crippen LogP contribution is -2.19. The van der Waals surface area contributed by atoms with Gasteiger partial charge in [-0.2, -0.15) is 9.90 Å². The standard InChI is InChI=1S/2C25H16ClF2N3O5S.C19H13BrFN3O5S.C7H6ClFO2.CH4.H3P/c2*1-35-23-12-17(14-2-5-19(27)18(26)11-14)20(28)13-22(23)31-21-6-4-16(10-15(21)3-7-25(31)32)37(33,34)30-24-8-9-36-29-24;1-28-17-9-13(20)14(21)10-16(17)24-15-4-3-12(8-11(15)2-5-19(24)25)30(26,27)23-18-6-7-29-22-18;8-6-3-5(11-4-10)1-2-7(6)9;;/h2*2-13H,1H3,(H,29,30);2-10H,1H3,(H,22,23);1-3,10H,4H2;1H4;1H3. The summed E-state index contributed by atoms with van der Waals surface area (Å²) in [5.74, 6) is -2.83. The van der Waals surface area contributed by atoms with Crippen LogP contribution in [0, 0.1) is 34.9 Å². The van der Waals surface area contributed by atoms with Gasteiger partial charge in [0.1, 0.15) is 76.7 Å². The van der Waals surface area contributed by atoms with Crippen molar-refractivity contribution in [3.05, 3.63) is 304 Å². The van der Waals surface area contributed by atoms with Gasteiger partial charge in [-0.15, -0.1) is 0 Å². The number of anilines is 3. The van der Waals surface area contributed by atoms with E-state index in [1.165, 1.54) is 230 Å². The molecule has 117 heavy (non-hydrogen) atoms. The average Bonchev–Trinajstić information content (AvgIpc) is 1.60. The molecular weight excluding hydrogens is 1750 g/mol. The van der Waals surface area contributed by atoms with Gasteiger partial charge in [-0.05, 0) is 154 Å². The van der Waals surface area contributed by atoms with Gasteiger partial charge >= 0.3 is 0 Å². The molecule has 15 rings (SSSR count). The number of sulfonamides is 3. The van der Waals surface area contributed by atoms with Gasteiger partial charge in [-0.1, -0.05) is 69.8 Å². The Labute approximate surface area is 685 Å². The lowest BCUT2D eigenvalue weighted by Gasteiger charge is -2.16.